The summed E-state index contributed by atoms with van der Waals surface area (Å²) in [7, 11) is 0. The molecule has 8 heteroatoms. The Labute approximate surface area is 194 Å². The zero-order valence-electron chi connectivity index (χ0n) is 18.5. The molecule has 0 radical (unpaired) electrons. The van der Waals surface area contributed by atoms with Crippen LogP contribution in [0.5, 0.6) is 5.75 Å². The first-order valence-corrected chi connectivity index (χ1v) is 11.3. The highest BCUT2D eigenvalue weighted by Gasteiger charge is 2.17. The summed E-state index contributed by atoms with van der Waals surface area (Å²) in [6, 6.07) is 12.2. The predicted octanol–water partition coefficient (Wildman–Crippen LogP) is 4.43. The molecule has 0 bridgehead atoms. The van der Waals surface area contributed by atoms with Crippen molar-refractivity contribution >= 4 is 34.8 Å². The molecule has 1 heterocycles. The molecule has 0 aromatic heterocycles. The van der Waals surface area contributed by atoms with Gasteiger partial charge in [0.25, 0.3) is 5.91 Å². The van der Waals surface area contributed by atoms with Crippen LogP contribution < -0.4 is 15.4 Å². The molecule has 1 saturated heterocycles. The molecule has 1 atom stereocenters. The third-order valence-corrected chi connectivity index (χ3v) is 5.53. The minimum atomic E-state index is -0.224. The topological polar surface area (TPSA) is 79.9 Å². The number of carbonyl (C=O) groups excluding carboxylic acids is 2. The van der Waals surface area contributed by atoms with E-state index in [1.807, 2.05) is 13.8 Å². The van der Waals surface area contributed by atoms with Gasteiger partial charge in [-0.15, -0.1) is 0 Å². The average Bonchev–Trinajstić information content (AvgIpc) is 3.32. The molecular formula is C24H30ClN3O4. The first-order valence-electron chi connectivity index (χ1n) is 11.0. The van der Waals surface area contributed by atoms with Crippen molar-refractivity contribution in [2.24, 2.45) is 0 Å². The van der Waals surface area contributed by atoms with Crippen LogP contribution in [-0.2, 0) is 9.53 Å². The average molecular weight is 460 g/mol. The van der Waals surface area contributed by atoms with Gasteiger partial charge in [-0.25, -0.2) is 0 Å². The number of nitrogens with zero attached hydrogens (tertiary/aromatic N) is 1. The third-order valence-electron chi connectivity index (χ3n) is 5.30. The quantitative estimate of drug-likeness (QED) is 0.549. The molecule has 1 aliphatic heterocycles. The highest BCUT2D eigenvalue weighted by atomic mass is 35.5. The van der Waals surface area contributed by atoms with Gasteiger partial charge in [-0.05, 0) is 69.2 Å². The Kier molecular flexibility index (Phi) is 8.76. The maximum Gasteiger partial charge on any atom is 0.253 e. The molecule has 32 heavy (non-hydrogen) atoms. The number of halogens is 1. The zero-order chi connectivity index (χ0) is 22.9. The van der Waals surface area contributed by atoms with E-state index < -0.39 is 0 Å². The molecule has 2 amide bonds. The Balaban J connectivity index is 1.54. The van der Waals surface area contributed by atoms with Crippen molar-refractivity contribution < 1.29 is 19.1 Å². The fourth-order valence-corrected chi connectivity index (χ4v) is 3.67. The Hall–Kier alpha value is -2.77. The summed E-state index contributed by atoms with van der Waals surface area (Å²) in [6.07, 6.45) is 2.13. The van der Waals surface area contributed by atoms with Crippen LogP contribution in [-0.4, -0.2) is 55.7 Å². The van der Waals surface area contributed by atoms with Gasteiger partial charge in [0.15, 0.2) is 0 Å². The van der Waals surface area contributed by atoms with Crippen molar-refractivity contribution in [2.75, 3.05) is 43.5 Å². The number of nitrogens with one attached hydrogen (secondary N) is 2. The predicted molar refractivity (Wildman–Crippen MR) is 127 cm³/mol. The number of rotatable bonds is 10. The summed E-state index contributed by atoms with van der Waals surface area (Å²) in [5.74, 6) is 0.376. The first kappa shape index (κ1) is 23.9. The van der Waals surface area contributed by atoms with E-state index in [0.717, 1.165) is 19.4 Å². The molecule has 0 spiro atoms. The fraction of sp³-hybridized carbons (Fsp3) is 0.417. The molecule has 172 valence electrons. The van der Waals surface area contributed by atoms with E-state index in [-0.39, 0.29) is 24.5 Å². The van der Waals surface area contributed by atoms with Crippen molar-refractivity contribution in [3.8, 4) is 5.75 Å². The Morgan fingerprint density at radius 3 is 2.56 bits per heavy atom. The first-order chi connectivity index (χ1) is 15.5. The van der Waals surface area contributed by atoms with E-state index in [0.29, 0.717) is 47.4 Å². The molecule has 0 aliphatic carbocycles. The molecule has 1 unspecified atom stereocenters. The highest BCUT2D eigenvalue weighted by Crippen LogP contribution is 2.28. The van der Waals surface area contributed by atoms with Crippen LogP contribution in [0.4, 0.5) is 11.4 Å². The fourth-order valence-electron chi connectivity index (χ4n) is 3.49. The second-order valence-electron chi connectivity index (χ2n) is 7.54. The number of hydrogen-bond donors (Lipinski definition) is 2. The molecule has 7 nitrogen and oxygen atoms in total. The molecule has 2 N–H and O–H groups in total. The number of benzene rings is 2. The van der Waals surface area contributed by atoms with E-state index in [4.69, 9.17) is 21.1 Å². The molecule has 0 saturated carbocycles. The smallest absolute Gasteiger partial charge is 0.253 e. The molecule has 1 aliphatic rings. The summed E-state index contributed by atoms with van der Waals surface area (Å²) >= 11 is 6.12. The van der Waals surface area contributed by atoms with Crippen molar-refractivity contribution in [3.05, 3.63) is 53.1 Å². The molecule has 2 aromatic rings. The van der Waals surface area contributed by atoms with Gasteiger partial charge in [-0.2, -0.15) is 0 Å². The summed E-state index contributed by atoms with van der Waals surface area (Å²) in [5, 5.41) is 6.46. The van der Waals surface area contributed by atoms with Gasteiger partial charge < -0.3 is 25.0 Å². The van der Waals surface area contributed by atoms with Crippen molar-refractivity contribution in [1.29, 1.82) is 0 Å². The summed E-state index contributed by atoms with van der Waals surface area (Å²) in [6.45, 7) is 6.47. The number of hydrogen-bond acceptors (Lipinski definition) is 5. The SMILES string of the molecule is CCN(CC)C(=O)c1ccc(NC(=O)CNc2cc(Cl)ccc2OCC2CCCO2)cc1. The van der Waals surface area contributed by atoms with Gasteiger partial charge in [0, 0.05) is 36.0 Å². The Morgan fingerprint density at radius 2 is 1.91 bits per heavy atom. The van der Waals surface area contributed by atoms with Crippen molar-refractivity contribution in [3.63, 3.8) is 0 Å². The van der Waals surface area contributed by atoms with E-state index in [9.17, 15) is 9.59 Å². The van der Waals surface area contributed by atoms with E-state index in [1.165, 1.54) is 0 Å². The molecule has 3 rings (SSSR count). The lowest BCUT2D eigenvalue weighted by molar-refractivity contribution is -0.114. The number of carbonyl (C=O) groups is 2. The van der Waals surface area contributed by atoms with Gasteiger partial charge in [0.2, 0.25) is 5.91 Å². The molecular weight excluding hydrogens is 430 g/mol. The normalized spacial score (nSPS) is 15.3. The van der Waals surface area contributed by atoms with Crippen LogP contribution in [0.1, 0.15) is 37.0 Å². The van der Waals surface area contributed by atoms with Gasteiger partial charge in [0.05, 0.1) is 18.3 Å². The largest absolute Gasteiger partial charge is 0.489 e. The Morgan fingerprint density at radius 1 is 1.16 bits per heavy atom. The molecule has 2 aromatic carbocycles. The second-order valence-corrected chi connectivity index (χ2v) is 7.98. The standard InChI is InChI=1S/C24H30ClN3O4/c1-3-28(4-2)24(30)17-7-10-19(11-8-17)27-23(29)15-26-21-14-18(25)9-12-22(21)32-16-20-6-5-13-31-20/h7-12,14,20,26H,3-6,13,15-16H2,1-2H3,(H,27,29). The summed E-state index contributed by atoms with van der Waals surface area (Å²) in [5.41, 5.74) is 1.86. The Bertz CT molecular complexity index is 910. The van der Waals surface area contributed by atoms with Crippen molar-refractivity contribution in [2.45, 2.75) is 32.8 Å². The van der Waals surface area contributed by atoms with Crippen LogP contribution >= 0.6 is 11.6 Å². The second kappa shape index (κ2) is 11.7. The van der Waals surface area contributed by atoms with Crippen LogP contribution in [0.15, 0.2) is 42.5 Å². The van der Waals surface area contributed by atoms with Gasteiger partial charge in [-0.3, -0.25) is 9.59 Å². The summed E-state index contributed by atoms with van der Waals surface area (Å²) in [4.78, 5) is 26.6. The van der Waals surface area contributed by atoms with Gasteiger partial charge >= 0.3 is 0 Å². The number of amides is 2. The van der Waals surface area contributed by atoms with Crippen LogP contribution in [0.2, 0.25) is 5.02 Å². The monoisotopic (exact) mass is 459 g/mol. The number of ether oxygens (including phenoxy) is 2. The van der Waals surface area contributed by atoms with Gasteiger partial charge in [-0.1, -0.05) is 11.6 Å². The zero-order valence-corrected chi connectivity index (χ0v) is 19.3. The lowest BCUT2D eigenvalue weighted by atomic mass is 10.1. The highest BCUT2D eigenvalue weighted by molar-refractivity contribution is 6.31. The lowest BCUT2D eigenvalue weighted by Gasteiger charge is -2.18. The minimum Gasteiger partial charge on any atom is -0.489 e. The van der Waals surface area contributed by atoms with E-state index in [1.54, 1.807) is 47.4 Å². The van der Waals surface area contributed by atoms with E-state index in [2.05, 4.69) is 10.6 Å². The van der Waals surface area contributed by atoms with Crippen LogP contribution in [0, 0.1) is 0 Å². The molecule has 1 fully saturated rings. The van der Waals surface area contributed by atoms with Crippen LogP contribution in [0.25, 0.3) is 0 Å². The lowest BCUT2D eigenvalue weighted by Crippen LogP contribution is -2.30. The minimum absolute atomic E-state index is 0.0222. The third kappa shape index (κ3) is 6.61. The van der Waals surface area contributed by atoms with Crippen LogP contribution in [0.3, 0.4) is 0 Å². The van der Waals surface area contributed by atoms with E-state index >= 15 is 0 Å². The summed E-state index contributed by atoms with van der Waals surface area (Å²) < 4.78 is 11.5. The maximum absolute atomic E-state index is 12.4. The maximum atomic E-state index is 12.4. The number of anilines is 2. The van der Waals surface area contributed by atoms with Crippen molar-refractivity contribution in [1.82, 2.24) is 4.90 Å². The van der Waals surface area contributed by atoms with Gasteiger partial charge in [0.1, 0.15) is 12.4 Å².